The van der Waals surface area contributed by atoms with E-state index in [4.69, 9.17) is 23.2 Å². The van der Waals surface area contributed by atoms with Crippen molar-refractivity contribution in [1.82, 2.24) is 0 Å². The van der Waals surface area contributed by atoms with E-state index in [0.29, 0.717) is 12.8 Å². The predicted molar refractivity (Wildman–Crippen MR) is 44.2 cm³/mol. The highest BCUT2D eigenvalue weighted by Gasteiger charge is 1.93. The lowest BCUT2D eigenvalue weighted by molar-refractivity contribution is -0.117. The Balaban J connectivity index is 3.44. The first kappa shape index (κ1) is 9.73. The van der Waals surface area contributed by atoms with E-state index in [1.54, 1.807) is 12.2 Å². The standard InChI is InChI=1S/C7H8Cl2O/c8-5-1-3-7(10)4-2-6-9/h1-2,5-6H,3-4H2. The molecule has 0 aliphatic carbocycles. The molecule has 0 aliphatic rings. The lowest BCUT2D eigenvalue weighted by atomic mass is 10.2. The fraction of sp³-hybridized carbons (Fsp3) is 0.286. The Morgan fingerprint density at radius 3 is 1.80 bits per heavy atom. The van der Waals surface area contributed by atoms with Gasteiger partial charge in [0.25, 0.3) is 0 Å². The maximum atomic E-state index is 10.7. The quantitative estimate of drug-likeness (QED) is 0.648. The molecule has 0 aromatic rings. The van der Waals surface area contributed by atoms with Crippen molar-refractivity contribution in [3.8, 4) is 0 Å². The zero-order valence-electron chi connectivity index (χ0n) is 5.39. The summed E-state index contributed by atoms with van der Waals surface area (Å²) >= 11 is 10.4. The van der Waals surface area contributed by atoms with Crippen LogP contribution in [0, 0.1) is 0 Å². The summed E-state index contributed by atoms with van der Waals surface area (Å²) in [6.07, 6.45) is 3.97. The van der Waals surface area contributed by atoms with Crippen LogP contribution in [0.2, 0.25) is 0 Å². The summed E-state index contributed by atoms with van der Waals surface area (Å²) in [6, 6.07) is 0. The normalized spacial score (nSPS) is 11.4. The van der Waals surface area contributed by atoms with Crippen LogP contribution in [-0.2, 0) is 4.79 Å². The van der Waals surface area contributed by atoms with Crippen LogP contribution in [-0.4, -0.2) is 5.78 Å². The second-order valence-electron chi connectivity index (χ2n) is 1.67. The minimum atomic E-state index is 0.105. The van der Waals surface area contributed by atoms with Gasteiger partial charge in [0.05, 0.1) is 0 Å². The number of hydrogen-bond donors (Lipinski definition) is 0. The molecule has 56 valence electrons. The zero-order chi connectivity index (χ0) is 7.82. The van der Waals surface area contributed by atoms with E-state index in [0.717, 1.165) is 0 Å². The lowest BCUT2D eigenvalue weighted by Crippen LogP contribution is -1.91. The van der Waals surface area contributed by atoms with Crippen molar-refractivity contribution in [3.63, 3.8) is 0 Å². The first-order chi connectivity index (χ1) is 4.81. The summed E-state index contributed by atoms with van der Waals surface area (Å²) in [6.45, 7) is 0. The van der Waals surface area contributed by atoms with Gasteiger partial charge in [-0.3, -0.25) is 4.79 Å². The van der Waals surface area contributed by atoms with Gasteiger partial charge in [0.1, 0.15) is 5.78 Å². The third kappa shape index (κ3) is 5.86. The molecule has 0 rings (SSSR count). The Morgan fingerprint density at radius 1 is 1.10 bits per heavy atom. The molecule has 0 saturated heterocycles. The zero-order valence-corrected chi connectivity index (χ0v) is 6.90. The van der Waals surface area contributed by atoms with Crippen LogP contribution in [0.1, 0.15) is 12.8 Å². The molecule has 0 aromatic heterocycles. The van der Waals surface area contributed by atoms with Gasteiger partial charge in [0.15, 0.2) is 0 Å². The van der Waals surface area contributed by atoms with E-state index < -0.39 is 0 Å². The highest BCUT2D eigenvalue weighted by Crippen LogP contribution is 1.94. The van der Waals surface area contributed by atoms with Crippen molar-refractivity contribution in [3.05, 3.63) is 23.2 Å². The number of rotatable bonds is 4. The van der Waals surface area contributed by atoms with Gasteiger partial charge in [0.2, 0.25) is 0 Å². The SMILES string of the molecule is O=C(CC=CCl)CC=CCl. The van der Waals surface area contributed by atoms with E-state index >= 15 is 0 Å². The molecule has 0 bridgehead atoms. The maximum Gasteiger partial charge on any atom is 0.140 e. The van der Waals surface area contributed by atoms with Crippen molar-refractivity contribution >= 4 is 29.0 Å². The molecule has 0 radical (unpaired) electrons. The monoisotopic (exact) mass is 178 g/mol. The average molecular weight is 179 g/mol. The largest absolute Gasteiger partial charge is 0.299 e. The minimum Gasteiger partial charge on any atom is -0.299 e. The summed E-state index contributed by atoms with van der Waals surface area (Å²) in [7, 11) is 0. The first-order valence-electron chi connectivity index (χ1n) is 2.83. The number of hydrogen-bond acceptors (Lipinski definition) is 1. The summed E-state index contributed by atoms with van der Waals surface area (Å²) in [5.41, 5.74) is 2.67. The molecule has 0 atom stereocenters. The Kier molecular flexibility index (Phi) is 6.66. The topological polar surface area (TPSA) is 17.1 Å². The molecule has 0 heterocycles. The molecule has 0 unspecified atom stereocenters. The van der Waals surface area contributed by atoms with Gasteiger partial charge in [-0.15, -0.1) is 0 Å². The fourth-order valence-electron chi connectivity index (χ4n) is 0.435. The molecular weight excluding hydrogens is 171 g/mol. The molecule has 0 aromatic carbocycles. The van der Waals surface area contributed by atoms with E-state index in [1.165, 1.54) is 11.1 Å². The van der Waals surface area contributed by atoms with Crippen LogP contribution in [0.3, 0.4) is 0 Å². The number of carbonyl (C=O) groups is 1. The number of ketones is 1. The number of carbonyl (C=O) groups excluding carboxylic acids is 1. The molecule has 0 amide bonds. The second kappa shape index (κ2) is 6.84. The van der Waals surface area contributed by atoms with E-state index in [-0.39, 0.29) is 5.78 Å². The summed E-state index contributed by atoms with van der Waals surface area (Å²) in [5.74, 6) is 0.105. The Hall–Kier alpha value is -0.270. The van der Waals surface area contributed by atoms with E-state index in [9.17, 15) is 4.79 Å². The summed E-state index contributed by atoms with van der Waals surface area (Å²) < 4.78 is 0. The molecule has 0 N–H and O–H groups in total. The molecule has 0 fully saturated rings. The maximum absolute atomic E-state index is 10.7. The molecular formula is C7H8Cl2O. The smallest absolute Gasteiger partial charge is 0.140 e. The predicted octanol–water partition coefficient (Wildman–Crippen LogP) is 2.84. The van der Waals surface area contributed by atoms with E-state index in [1.807, 2.05) is 0 Å². The van der Waals surface area contributed by atoms with Gasteiger partial charge in [-0.2, -0.15) is 0 Å². The van der Waals surface area contributed by atoms with Crippen LogP contribution < -0.4 is 0 Å². The third-order valence-electron chi connectivity index (χ3n) is 0.869. The molecule has 0 saturated carbocycles. The number of allylic oxidation sites excluding steroid dienone is 2. The fourth-order valence-corrected chi connectivity index (χ4v) is 0.613. The molecule has 1 nitrogen and oxygen atoms in total. The van der Waals surface area contributed by atoms with Gasteiger partial charge in [0, 0.05) is 23.9 Å². The second-order valence-corrected chi connectivity index (χ2v) is 2.17. The number of halogens is 2. The van der Waals surface area contributed by atoms with Crippen molar-refractivity contribution < 1.29 is 4.79 Å². The van der Waals surface area contributed by atoms with Crippen molar-refractivity contribution in [2.24, 2.45) is 0 Å². The van der Waals surface area contributed by atoms with E-state index in [2.05, 4.69) is 0 Å². The van der Waals surface area contributed by atoms with Crippen LogP contribution in [0.15, 0.2) is 23.2 Å². The minimum absolute atomic E-state index is 0.105. The lowest BCUT2D eigenvalue weighted by Gasteiger charge is -1.86. The van der Waals surface area contributed by atoms with Gasteiger partial charge in [-0.25, -0.2) is 0 Å². The highest BCUT2D eigenvalue weighted by molar-refractivity contribution is 6.25. The van der Waals surface area contributed by atoms with Gasteiger partial charge in [-0.05, 0) is 0 Å². The van der Waals surface area contributed by atoms with Crippen molar-refractivity contribution in [2.45, 2.75) is 12.8 Å². The summed E-state index contributed by atoms with van der Waals surface area (Å²) in [5, 5.41) is 0. The Labute approximate surface area is 70.3 Å². The van der Waals surface area contributed by atoms with Gasteiger partial charge >= 0.3 is 0 Å². The number of Topliss-reactive ketones (excluding diaryl/α,β-unsaturated/α-hetero) is 1. The molecule has 0 spiro atoms. The first-order valence-corrected chi connectivity index (χ1v) is 3.70. The van der Waals surface area contributed by atoms with Gasteiger partial charge in [-0.1, -0.05) is 35.4 Å². The third-order valence-corrected chi connectivity index (χ3v) is 1.23. The highest BCUT2D eigenvalue weighted by atomic mass is 35.5. The average Bonchev–Trinajstić information content (AvgIpc) is 1.97. The Bertz CT molecular complexity index is 134. The Morgan fingerprint density at radius 2 is 1.50 bits per heavy atom. The van der Waals surface area contributed by atoms with Crippen LogP contribution >= 0.6 is 23.2 Å². The van der Waals surface area contributed by atoms with Crippen LogP contribution in [0.25, 0.3) is 0 Å². The molecule has 0 aliphatic heterocycles. The molecule has 10 heavy (non-hydrogen) atoms. The van der Waals surface area contributed by atoms with Gasteiger partial charge < -0.3 is 0 Å². The van der Waals surface area contributed by atoms with Crippen molar-refractivity contribution in [2.75, 3.05) is 0 Å². The van der Waals surface area contributed by atoms with Crippen LogP contribution in [0.5, 0.6) is 0 Å². The molecule has 3 heteroatoms. The van der Waals surface area contributed by atoms with Crippen molar-refractivity contribution in [1.29, 1.82) is 0 Å². The summed E-state index contributed by atoms with van der Waals surface area (Å²) in [4.78, 5) is 10.7. The van der Waals surface area contributed by atoms with Crippen LogP contribution in [0.4, 0.5) is 0 Å².